The van der Waals surface area contributed by atoms with E-state index in [0.29, 0.717) is 13.0 Å². The van der Waals surface area contributed by atoms with Crippen molar-refractivity contribution in [3.63, 3.8) is 0 Å². The zero-order valence-corrected chi connectivity index (χ0v) is 13.9. The molecule has 0 unspecified atom stereocenters. The predicted molar refractivity (Wildman–Crippen MR) is 94.7 cm³/mol. The Morgan fingerprint density at radius 2 is 1.79 bits per heavy atom. The van der Waals surface area contributed by atoms with Crippen LogP contribution in [0.2, 0.25) is 0 Å². The minimum atomic E-state index is 0.289. The summed E-state index contributed by atoms with van der Waals surface area (Å²) in [6.07, 6.45) is 1.72. The number of nitrogens with zero attached hydrogens (tertiary/aromatic N) is 1. The van der Waals surface area contributed by atoms with Crippen molar-refractivity contribution in [3.8, 4) is 5.75 Å². The molecule has 1 aliphatic heterocycles. The Balaban J connectivity index is 1.37. The predicted octanol–water partition coefficient (Wildman–Crippen LogP) is 2.98. The Morgan fingerprint density at radius 3 is 2.50 bits per heavy atom. The third kappa shape index (κ3) is 4.83. The molecule has 4 heteroatoms. The first-order valence-corrected chi connectivity index (χ1v) is 8.55. The summed E-state index contributed by atoms with van der Waals surface area (Å²) >= 11 is 0. The molecule has 1 amide bonds. The number of hydrogen-bond donors (Lipinski definition) is 1. The summed E-state index contributed by atoms with van der Waals surface area (Å²) in [5, 5.41) is 3.39. The van der Waals surface area contributed by atoms with Crippen molar-refractivity contribution in [3.05, 3.63) is 65.7 Å². The highest BCUT2D eigenvalue weighted by Gasteiger charge is 2.18. The van der Waals surface area contributed by atoms with E-state index in [1.54, 1.807) is 0 Å². The average molecular weight is 324 g/mol. The molecule has 24 heavy (non-hydrogen) atoms. The van der Waals surface area contributed by atoms with E-state index in [1.165, 1.54) is 11.1 Å². The third-order valence-electron chi connectivity index (χ3n) is 4.23. The molecule has 0 aromatic heterocycles. The molecule has 1 heterocycles. The fraction of sp³-hybridized carbons (Fsp3) is 0.350. The number of carbonyl (C=O) groups excluding carboxylic acids is 1. The molecular weight excluding hydrogens is 300 g/mol. The van der Waals surface area contributed by atoms with Crippen LogP contribution >= 0.6 is 0 Å². The largest absolute Gasteiger partial charge is 0.489 e. The summed E-state index contributed by atoms with van der Waals surface area (Å²) in [4.78, 5) is 13.5. The molecule has 126 valence electrons. The molecule has 0 saturated carbocycles. The fourth-order valence-electron chi connectivity index (χ4n) is 2.83. The van der Waals surface area contributed by atoms with Crippen molar-refractivity contribution in [2.75, 3.05) is 19.6 Å². The number of hydrogen-bond acceptors (Lipinski definition) is 3. The van der Waals surface area contributed by atoms with Crippen LogP contribution in [0.25, 0.3) is 0 Å². The summed E-state index contributed by atoms with van der Waals surface area (Å²) in [5.74, 6) is 1.17. The van der Waals surface area contributed by atoms with Gasteiger partial charge in [-0.05, 0) is 29.7 Å². The van der Waals surface area contributed by atoms with Gasteiger partial charge in [-0.1, -0.05) is 42.5 Å². The smallest absolute Gasteiger partial charge is 0.222 e. The van der Waals surface area contributed by atoms with Gasteiger partial charge < -0.3 is 15.0 Å². The minimum Gasteiger partial charge on any atom is -0.489 e. The maximum absolute atomic E-state index is 11.5. The van der Waals surface area contributed by atoms with E-state index in [4.69, 9.17) is 4.74 Å². The summed E-state index contributed by atoms with van der Waals surface area (Å²) in [7, 11) is 0. The topological polar surface area (TPSA) is 41.6 Å². The molecule has 1 saturated heterocycles. The van der Waals surface area contributed by atoms with Crippen LogP contribution in [-0.2, 0) is 17.9 Å². The SMILES string of the molecule is O=C1CCCN1CCNCc1ccc(OCc2ccccc2)cc1. The summed E-state index contributed by atoms with van der Waals surface area (Å²) in [5.41, 5.74) is 2.38. The van der Waals surface area contributed by atoms with Gasteiger partial charge in [-0.25, -0.2) is 0 Å². The summed E-state index contributed by atoms with van der Waals surface area (Å²) < 4.78 is 5.79. The molecule has 3 rings (SSSR count). The lowest BCUT2D eigenvalue weighted by atomic mass is 10.2. The van der Waals surface area contributed by atoms with Gasteiger partial charge in [0.25, 0.3) is 0 Å². The molecule has 0 atom stereocenters. The Kier molecular flexibility index (Phi) is 5.85. The Labute approximate surface area is 143 Å². The highest BCUT2D eigenvalue weighted by Crippen LogP contribution is 2.14. The van der Waals surface area contributed by atoms with Crippen molar-refractivity contribution < 1.29 is 9.53 Å². The number of nitrogens with one attached hydrogen (secondary N) is 1. The van der Waals surface area contributed by atoms with Crippen LogP contribution in [0.5, 0.6) is 5.75 Å². The number of ether oxygens (including phenoxy) is 1. The highest BCUT2D eigenvalue weighted by atomic mass is 16.5. The molecule has 1 aliphatic rings. The Hall–Kier alpha value is -2.33. The van der Waals surface area contributed by atoms with Crippen molar-refractivity contribution in [2.45, 2.75) is 26.0 Å². The van der Waals surface area contributed by atoms with E-state index < -0.39 is 0 Å². The van der Waals surface area contributed by atoms with Gasteiger partial charge >= 0.3 is 0 Å². The second-order valence-electron chi connectivity index (χ2n) is 6.08. The molecule has 2 aromatic rings. The fourth-order valence-corrected chi connectivity index (χ4v) is 2.83. The molecule has 1 fully saturated rings. The molecule has 0 radical (unpaired) electrons. The zero-order chi connectivity index (χ0) is 16.6. The first-order chi connectivity index (χ1) is 11.8. The van der Waals surface area contributed by atoms with Crippen molar-refractivity contribution in [2.24, 2.45) is 0 Å². The lowest BCUT2D eigenvalue weighted by Gasteiger charge is -2.15. The van der Waals surface area contributed by atoms with Gasteiger partial charge in [-0.15, -0.1) is 0 Å². The minimum absolute atomic E-state index is 0.289. The summed E-state index contributed by atoms with van der Waals surface area (Å²) in [6.45, 7) is 3.94. The van der Waals surface area contributed by atoms with Crippen molar-refractivity contribution >= 4 is 5.91 Å². The average Bonchev–Trinajstić information content (AvgIpc) is 3.04. The molecule has 2 aromatic carbocycles. The molecule has 1 N–H and O–H groups in total. The van der Waals surface area contributed by atoms with Gasteiger partial charge in [-0.3, -0.25) is 4.79 Å². The van der Waals surface area contributed by atoms with E-state index >= 15 is 0 Å². The van der Waals surface area contributed by atoms with Gasteiger partial charge in [0.15, 0.2) is 0 Å². The molecule has 0 spiro atoms. The van der Waals surface area contributed by atoms with Crippen molar-refractivity contribution in [1.82, 2.24) is 10.2 Å². The maximum atomic E-state index is 11.5. The number of benzene rings is 2. The second kappa shape index (κ2) is 8.50. The number of amides is 1. The molecule has 0 bridgehead atoms. The first-order valence-electron chi connectivity index (χ1n) is 8.55. The standard InChI is InChI=1S/C20H24N2O2/c23-20-7-4-13-22(20)14-12-21-15-17-8-10-19(11-9-17)24-16-18-5-2-1-3-6-18/h1-3,5-6,8-11,21H,4,7,12-16H2. The summed E-state index contributed by atoms with van der Waals surface area (Å²) in [6, 6.07) is 18.3. The Morgan fingerprint density at radius 1 is 1.00 bits per heavy atom. The third-order valence-corrected chi connectivity index (χ3v) is 4.23. The van der Waals surface area contributed by atoms with Gasteiger partial charge in [0, 0.05) is 32.6 Å². The van der Waals surface area contributed by atoms with E-state index in [2.05, 4.69) is 29.6 Å². The van der Waals surface area contributed by atoms with Gasteiger partial charge in [-0.2, -0.15) is 0 Å². The molecule has 0 aliphatic carbocycles. The quantitative estimate of drug-likeness (QED) is 0.759. The first kappa shape index (κ1) is 16.5. The van der Waals surface area contributed by atoms with E-state index in [9.17, 15) is 4.79 Å². The van der Waals surface area contributed by atoms with Gasteiger partial charge in [0.05, 0.1) is 0 Å². The van der Waals surface area contributed by atoms with Crippen LogP contribution in [0.15, 0.2) is 54.6 Å². The number of carbonyl (C=O) groups is 1. The number of likely N-dealkylation sites (tertiary alicyclic amines) is 1. The second-order valence-corrected chi connectivity index (χ2v) is 6.08. The molecular formula is C20H24N2O2. The molecule has 4 nitrogen and oxygen atoms in total. The maximum Gasteiger partial charge on any atom is 0.222 e. The van der Waals surface area contributed by atoms with Crippen LogP contribution < -0.4 is 10.1 Å². The highest BCUT2D eigenvalue weighted by molar-refractivity contribution is 5.78. The lowest BCUT2D eigenvalue weighted by molar-refractivity contribution is -0.127. The number of rotatable bonds is 8. The monoisotopic (exact) mass is 324 g/mol. The van der Waals surface area contributed by atoms with Crippen molar-refractivity contribution in [1.29, 1.82) is 0 Å². The van der Waals surface area contributed by atoms with Crippen LogP contribution in [0, 0.1) is 0 Å². The van der Waals surface area contributed by atoms with Crippen LogP contribution in [-0.4, -0.2) is 30.4 Å². The Bertz CT molecular complexity index is 640. The zero-order valence-electron chi connectivity index (χ0n) is 13.9. The van der Waals surface area contributed by atoms with E-state index in [1.807, 2.05) is 35.2 Å². The van der Waals surface area contributed by atoms with Gasteiger partial charge in [0.2, 0.25) is 5.91 Å². The normalized spacial score (nSPS) is 14.2. The lowest BCUT2D eigenvalue weighted by Crippen LogP contribution is -2.32. The van der Waals surface area contributed by atoms with E-state index in [0.717, 1.165) is 38.3 Å². The van der Waals surface area contributed by atoms with Crippen LogP contribution in [0.3, 0.4) is 0 Å². The van der Waals surface area contributed by atoms with Gasteiger partial charge in [0.1, 0.15) is 12.4 Å². The van der Waals surface area contributed by atoms with E-state index in [-0.39, 0.29) is 5.91 Å². The van der Waals surface area contributed by atoms with Crippen LogP contribution in [0.4, 0.5) is 0 Å². The van der Waals surface area contributed by atoms with Crippen LogP contribution in [0.1, 0.15) is 24.0 Å².